The fourth-order valence-electron chi connectivity index (χ4n) is 0.316. The third kappa shape index (κ3) is 65.0. The minimum absolute atomic E-state index is 0. The molecule has 0 saturated carbocycles. The monoisotopic (exact) mass is 295 g/mol. The van der Waals surface area contributed by atoms with Crippen molar-refractivity contribution in [3.63, 3.8) is 0 Å². The van der Waals surface area contributed by atoms with Gasteiger partial charge in [-0.2, -0.15) is 0 Å². The van der Waals surface area contributed by atoms with Gasteiger partial charge in [0.2, 0.25) is 0 Å². The van der Waals surface area contributed by atoms with E-state index >= 15 is 0 Å². The van der Waals surface area contributed by atoms with Gasteiger partial charge in [0.05, 0.1) is 0 Å². The van der Waals surface area contributed by atoms with Crippen LogP contribution in [0.15, 0.2) is 0 Å². The van der Waals surface area contributed by atoms with E-state index in [1.807, 2.05) is 0 Å². The van der Waals surface area contributed by atoms with Crippen LogP contribution in [0.5, 0.6) is 0 Å². The Labute approximate surface area is 101 Å². The third-order valence-corrected chi connectivity index (χ3v) is 1.02. The Kier molecular flexibility index (Phi) is 69.8. The van der Waals surface area contributed by atoms with Crippen LogP contribution < -0.4 is 0 Å². The molecular formula is C8H21BrO3V. The van der Waals surface area contributed by atoms with E-state index < -0.39 is 0 Å². The molecule has 3 nitrogen and oxygen atoms in total. The van der Waals surface area contributed by atoms with Crippen LogP contribution in [-0.2, 0) is 21.0 Å². The van der Waals surface area contributed by atoms with Crippen molar-refractivity contribution in [2.24, 2.45) is 0 Å². The van der Waals surface area contributed by atoms with E-state index in [2.05, 4.69) is 13.8 Å². The summed E-state index contributed by atoms with van der Waals surface area (Å²) >= 11 is 1.06. The molecule has 83 valence electrons. The van der Waals surface area contributed by atoms with Gasteiger partial charge in [0, 0.05) is 13.2 Å². The molecule has 0 aromatic carbocycles. The number of unbranched alkanes of at least 4 members (excludes halogenated alkanes) is 2. The molecule has 0 aromatic heterocycles. The molecule has 0 radical (unpaired) electrons. The summed E-state index contributed by atoms with van der Waals surface area (Å²) in [6.07, 6.45) is 4.08. The molecule has 0 bridgehead atoms. The first-order chi connectivity index (χ1) is 5.83. The molecule has 0 saturated heterocycles. The Morgan fingerprint density at radius 3 is 1.15 bits per heavy atom. The van der Waals surface area contributed by atoms with Gasteiger partial charge in [-0.1, -0.05) is 26.7 Å². The molecule has 0 amide bonds. The van der Waals surface area contributed by atoms with E-state index in [-0.39, 0.29) is 17.0 Å². The van der Waals surface area contributed by atoms with Crippen molar-refractivity contribution in [2.45, 2.75) is 39.5 Å². The van der Waals surface area contributed by atoms with Crippen LogP contribution >= 0.6 is 17.0 Å². The zero-order valence-electron chi connectivity index (χ0n) is 8.40. The van der Waals surface area contributed by atoms with Crippen molar-refractivity contribution < 1.29 is 31.3 Å². The first-order valence-corrected chi connectivity index (χ1v) is 4.80. The molecule has 0 aliphatic rings. The fourth-order valence-corrected chi connectivity index (χ4v) is 0.316. The molecule has 0 heterocycles. The Balaban J connectivity index is -0.0000000491. The fraction of sp³-hybridized carbons (Fsp3) is 1.00. The Hall–Kier alpha value is 0.784. The van der Waals surface area contributed by atoms with Crippen molar-refractivity contribution in [1.29, 1.82) is 0 Å². The molecule has 0 rings (SSSR count). The molecule has 0 aliphatic carbocycles. The van der Waals surface area contributed by atoms with Gasteiger partial charge in [-0.15, -0.1) is 17.0 Å². The van der Waals surface area contributed by atoms with Crippen molar-refractivity contribution >= 4 is 17.0 Å². The summed E-state index contributed by atoms with van der Waals surface area (Å²) < 4.78 is 8.19. The Bertz CT molecular complexity index is 48.7. The predicted molar refractivity (Wildman–Crippen MR) is 55.0 cm³/mol. The van der Waals surface area contributed by atoms with Crippen LogP contribution in [0.2, 0.25) is 0 Å². The van der Waals surface area contributed by atoms with E-state index in [4.69, 9.17) is 13.9 Å². The van der Waals surface area contributed by atoms with E-state index in [9.17, 15) is 0 Å². The molecule has 0 fully saturated rings. The van der Waals surface area contributed by atoms with Crippen molar-refractivity contribution in [3.8, 4) is 0 Å². The molecule has 2 N–H and O–H groups in total. The normalized spacial score (nSPS) is 6.69. The average Bonchev–Trinajstić information content (AvgIpc) is 2.12. The molecule has 0 aliphatic heterocycles. The van der Waals surface area contributed by atoms with Crippen LogP contribution in [0, 0.1) is 0 Å². The number of halogens is 1. The summed E-state index contributed by atoms with van der Waals surface area (Å²) in [4.78, 5) is 0. The molecule has 0 unspecified atom stereocenters. The zero-order valence-corrected chi connectivity index (χ0v) is 11.5. The number of rotatable bonds is 4. The van der Waals surface area contributed by atoms with Crippen LogP contribution in [0.4, 0.5) is 0 Å². The van der Waals surface area contributed by atoms with Gasteiger partial charge in [-0.05, 0) is 12.8 Å². The second-order valence-electron chi connectivity index (χ2n) is 2.15. The molecular weight excluding hydrogens is 275 g/mol. The molecule has 13 heavy (non-hydrogen) atoms. The second-order valence-corrected chi connectivity index (χ2v) is 2.15. The predicted octanol–water partition coefficient (Wildman–Crippen LogP) is 2.01. The standard InChI is InChI=1S/2C4H10O.BrH.O.V/c2*1-2-3-4-5;;;/h2*5H,2-4H2,1H3;1H;;. The van der Waals surface area contributed by atoms with Crippen molar-refractivity contribution in [2.75, 3.05) is 13.2 Å². The SMILES string of the molecule is Br.CCCCO.CCCCO.[O]=[V]. The number of aliphatic hydroxyl groups excluding tert-OH is 2. The quantitative estimate of drug-likeness (QED) is 0.834. The zero-order chi connectivity index (χ0) is 10.2. The Morgan fingerprint density at radius 1 is 0.923 bits per heavy atom. The van der Waals surface area contributed by atoms with E-state index in [0.29, 0.717) is 13.2 Å². The van der Waals surface area contributed by atoms with E-state index in [1.54, 1.807) is 0 Å². The summed E-state index contributed by atoms with van der Waals surface area (Å²) in [5.41, 5.74) is 0. The first-order valence-electron chi connectivity index (χ1n) is 4.23. The summed E-state index contributed by atoms with van der Waals surface area (Å²) in [5, 5.41) is 16.1. The topological polar surface area (TPSA) is 57.5 Å². The van der Waals surface area contributed by atoms with Gasteiger partial charge in [0.15, 0.2) is 0 Å². The van der Waals surface area contributed by atoms with Crippen LogP contribution in [0.3, 0.4) is 0 Å². The van der Waals surface area contributed by atoms with Crippen LogP contribution in [0.25, 0.3) is 0 Å². The van der Waals surface area contributed by atoms with Gasteiger partial charge in [-0.3, -0.25) is 0 Å². The summed E-state index contributed by atoms with van der Waals surface area (Å²) in [5.74, 6) is 0. The number of hydrogen-bond acceptors (Lipinski definition) is 3. The first kappa shape index (κ1) is 23.5. The van der Waals surface area contributed by atoms with Crippen molar-refractivity contribution in [1.82, 2.24) is 0 Å². The van der Waals surface area contributed by atoms with Gasteiger partial charge >= 0.3 is 21.0 Å². The minimum atomic E-state index is 0. The maximum atomic E-state index is 8.19. The van der Waals surface area contributed by atoms with Gasteiger partial charge in [0.25, 0.3) is 0 Å². The molecule has 5 heteroatoms. The number of aliphatic hydroxyl groups is 2. The summed E-state index contributed by atoms with van der Waals surface area (Å²) in [6.45, 7) is 4.79. The van der Waals surface area contributed by atoms with Gasteiger partial charge < -0.3 is 10.2 Å². The second kappa shape index (κ2) is 38.6. The summed E-state index contributed by atoms with van der Waals surface area (Å²) in [7, 11) is 0. The third-order valence-electron chi connectivity index (χ3n) is 1.02. The Morgan fingerprint density at radius 2 is 1.15 bits per heavy atom. The van der Waals surface area contributed by atoms with E-state index in [0.717, 1.165) is 43.1 Å². The van der Waals surface area contributed by atoms with Gasteiger partial charge in [-0.25, -0.2) is 0 Å². The molecule has 0 aromatic rings. The van der Waals surface area contributed by atoms with E-state index in [1.165, 1.54) is 0 Å². The maximum absolute atomic E-state index is 8.19. The van der Waals surface area contributed by atoms with Crippen molar-refractivity contribution in [3.05, 3.63) is 0 Å². The molecule has 0 spiro atoms. The van der Waals surface area contributed by atoms with Crippen LogP contribution in [-0.4, -0.2) is 23.4 Å². The molecule has 0 atom stereocenters. The average molecular weight is 296 g/mol. The summed E-state index contributed by atoms with van der Waals surface area (Å²) in [6, 6.07) is 0. The van der Waals surface area contributed by atoms with Gasteiger partial charge in [0.1, 0.15) is 0 Å². The van der Waals surface area contributed by atoms with Crippen LogP contribution in [0.1, 0.15) is 39.5 Å². The number of hydrogen-bond donors (Lipinski definition) is 2.